The molecule has 3 N–H and O–H groups in total. The second-order valence-electron chi connectivity index (χ2n) is 4.14. The first kappa shape index (κ1) is 10.1. The number of carbonyl (C=O) groups excluding carboxylic acids is 1. The van der Waals surface area contributed by atoms with E-state index in [-0.39, 0.29) is 11.4 Å². The van der Waals surface area contributed by atoms with E-state index < -0.39 is 0 Å². The van der Waals surface area contributed by atoms with Crippen molar-refractivity contribution in [3.05, 3.63) is 30.1 Å². The molecular formula is C11H15N3O. The summed E-state index contributed by atoms with van der Waals surface area (Å²) in [6.45, 7) is 0.556. The molecule has 1 heterocycles. The molecule has 0 aromatic carbocycles. The minimum Gasteiger partial charge on any atom is -0.350 e. The van der Waals surface area contributed by atoms with Crippen molar-refractivity contribution < 1.29 is 4.79 Å². The second-order valence-corrected chi connectivity index (χ2v) is 4.14. The molecule has 1 saturated carbocycles. The summed E-state index contributed by atoms with van der Waals surface area (Å²) in [7, 11) is 0. The number of pyridine rings is 1. The monoisotopic (exact) mass is 205 g/mol. The van der Waals surface area contributed by atoms with E-state index in [9.17, 15) is 4.79 Å². The third kappa shape index (κ3) is 2.33. The van der Waals surface area contributed by atoms with Crippen molar-refractivity contribution in [2.24, 2.45) is 5.73 Å². The van der Waals surface area contributed by atoms with Gasteiger partial charge in [-0.2, -0.15) is 0 Å². The number of rotatable bonds is 3. The predicted molar refractivity (Wildman–Crippen MR) is 57.3 cm³/mol. The standard InChI is InChI=1S/C11H15N3O/c12-11(4-2-5-11)8-14-10(15)9-3-1-6-13-7-9/h1,3,6-7H,2,4-5,8,12H2,(H,14,15). The highest BCUT2D eigenvalue weighted by Crippen LogP contribution is 2.28. The van der Waals surface area contributed by atoms with Crippen LogP contribution in [-0.2, 0) is 0 Å². The summed E-state index contributed by atoms with van der Waals surface area (Å²) in [5, 5.41) is 2.84. The molecule has 4 nitrogen and oxygen atoms in total. The van der Waals surface area contributed by atoms with Gasteiger partial charge in [0, 0.05) is 24.5 Å². The second kappa shape index (κ2) is 3.98. The highest BCUT2D eigenvalue weighted by atomic mass is 16.1. The highest BCUT2D eigenvalue weighted by Gasteiger charge is 2.32. The zero-order valence-electron chi connectivity index (χ0n) is 8.57. The normalized spacial score (nSPS) is 17.9. The summed E-state index contributed by atoms with van der Waals surface area (Å²) < 4.78 is 0. The molecule has 1 fully saturated rings. The highest BCUT2D eigenvalue weighted by molar-refractivity contribution is 5.93. The fourth-order valence-electron chi connectivity index (χ4n) is 1.66. The van der Waals surface area contributed by atoms with Crippen LogP contribution >= 0.6 is 0 Å². The van der Waals surface area contributed by atoms with Gasteiger partial charge in [-0.05, 0) is 31.4 Å². The van der Waals surface area contributed by atoms with Crippen molar-refractivity contribution >= 4 is 5.91 Å². The summed E-state index contributed by atoms with van der Waals surface area (Å²) in [6.07, 6.45) is 6.37. The Bertz CT molecular complexity index is 346. The quantitative estimate of drug-likeness (QED) is 0.763. The van der Waals surface area contributed by atoms with Gasteiger partial charge >= 0.3 is 0 Å². The maximum atomic E-state index is 11.6. The van der Waals surface area contributed by atoms with Crippen molar-refractivity contribution in [1.29, 1.82) is 0 Å². The lowest BCUT2D eigenvalue weighted by Crippen LogP contribution is -2.54. The number of amides is 1. The predicted octanol–water partition coefficient (Wildman–Crippen LogP) is 0.693. The summed E-state index contributed by atoms with van der Waals surface area (Å²) in [4.78, 5) is 15.5. The Morgan fingerprint density at radius 3 is 2.93 bits per heavy atom. The number of nitrogens with zero attached hydrogens (tertiary/aromatic N) is 1. The van der Waals surface area contributed by atoms with Gasteiger partial charge in [0.05, 0.1) is 5.56 Å². The summed E-state index contributed by atoms with van der Waals surface area (Å²) >= 11 is 0. The average molecular weight is 205 g/mol. The molecule has 0 aliphatic heterocycles. The molecule has 0 radical (unpaired) electrons. The summed E-state index contributed by atoms with van der Waals surface area (Å²) in [5.41, 5.74) is 6.41. The first-order valence-electron chi connectivity index (χ1n) is 5.17. The van der Waals surface area contributed by atoms with E-state index in [4.69, 9.17) is 5.73 Å². The SMILES string of the molecule is NC1(CNC(=O)c2cccnc2)CCC1. The third-order valence-corrected chi connectivity index (χ3v) is 2.87. The van der Waals surface area contributed by atoms with Crippen LogP contribution in [0, 0.1) is 0 Å². The van der Waals surface area contributed by atoms with E-state index in [1.165, 1.54) is 6.42 Å². The van der Waals surface area contributed by atoms with Gasteiger partial charge in [0.15, 0.2) is 0 Å². The maximum Gasteiger partial charge on any atom is 0.252 e. The summed E-state index contributed by atoms with van der Waals surface area (Å²) in [6, 6.07) is 3.49. The Hall–Kier alpha value is -1.42. The number of nitrogens with two attached hydrogens (primary N) is 1. The molecule has 1 aromatic rings. The molecule has 0 unspecified atom stereocenters. The Labute approximate surface area is 88.9 Å². The topological polar surface area (TPSA) is 68.0 Å². The Balaban J connectivity index is 1.88. The van der Waals surface area contributed by atoms with Gasteiger partial charge in [0.25, 0.3) is 5.91 Å². The van der Waals surface area contributed by atoms with Crippen molar-refractivity contribution in [2.45, 2.75) is 24.8 Å². The molecule has 15 heavy (non-hydrogen) atoms. The van der Waals surface area contributed by atoms with Gasteiger partial charge in [-0.25, -0.2) is 0 Å². The van der Waals surface area contributed by atoms with E-state index in [0.29, 0.717) is 12.1 Å². The number of nitrogens with one attached hydrogen (secondary N) is 1. The van der Waals surface area contributed by atoms with E-state index in [1.54, 1.807) is 24.5 Å². The molecular weight excluding hydrogens is 190 g/mol. The zero-order valence-corrected chi connectivity index (χ0v) is 8.57. The molecule has 4 heteroatoms. The van der Waals surface area contributed by atoms with Gasteiger partial charge in [-0.15, -0.1) is 0 Å². The molecule has 0 atom stereocenters. The number of hydrogen-bond acceptors (Lipinski definition) is 3. The lowest BCUT2D eigenvalue weighted by atomic mass is 9.78. The van der Waals surface area contributed by atoms with Crippen LogP contribution in [0.5, 0.6) is 0 Å². The largest absolute Gasteiger partial charge is 0.350 e. The van der Waals surface area contributed by atoms with Crippen LogP contribution in [-0.4, -0.2) is 23.0 Å². The molecule has 0 bridgehead atoms. The van der Waals surface area contributed by atoms with Crippen molar-refractivity contribution in [3.8, 4) is 0 Å². The average Bonchev–Trinajstić information content (AvgIpc) is 2.24. The Morgan fingerprint density at radius 1 is 1.60 bits per heavy atom. The van der Waals surface area contributed by atoms with Gasteiger partial charge in [-0.3, -0.25) is 9.78 Å². The zero-order chi connectivity index (χ0) is 10.7. The maximum absolute atomic E-state index is 11.6. The molecule has 2 rings (SSSR count). The molecule has 1 amide bonds. The molecule has 80 valence electrons. The fraction of sp³-hybridized carbons (Fsp3) is 0.455. The van der Waals surface area contributed by atoms with Crippen molar-refractivity contribution in [1.82, 2.24) is 10.3 Å². The van der Waals surface area contributed by atoms with Crippen LogP contribution in [0.15, 0.2) is 24.5 Å². The smallest absolute Gasteiger partial charge is 0.252 e. The molecule has 1 aliphatic rings. The first-order chi connectivity index (χ1) is 7.20. The lowest BCUT2D eigenvalue weighted by Gasteiger charge is -2.38. The molecule has 0 spiro atoms. The van der Waals surface area contributed by atoms with Crippen LogP contribution in [0.2, 0.25) is 0 Å². The first-order valence-corrected chi connectivity index (χ1v) is 5.17. The van der Waals surface area contributed by atoms with E-state index >= 15 is 0 Å². The van der Waals surface area contributed by atoms with Gasteiger partial charge in [-0.1, -0.05) is 0 Å². The van der Waals surface area contributed by atoms with Crippen LogP contribution < -0.4 is 11.1 Å². The van der Waals surface area contributed by atoms with Crippen LogP contribution in [0.4, 0.5) is 0 Å². The molecule has 1 aliphatic carbocycles. The molecule has 1 aromatic heterocycles. The van der Waals surface area contributed by atoms with Crippen LogP contribution in [0.3, 0.4) is 0 Å². The van der Waals surface area contributed by atoms with Crippen LogP contribution in [0.1, 0.15) is 29.6 Å². The summed E-state index contributed by atoms with van der Waals surface area (Å²) in [5.74, 6) is -0.0974. The number of hydrogen-bond donors (Lipinski definition) is 2. The van der Waals surface area contributed by atoms with E-state index in [1.807, 2.05) is 0 Å². The van der Waals surface area contributed by atoms with Gasteiger partial charge < -0.3 is 11.1 Å². The number of aromatic nitrogens is 1. The minimum atomic E-state index is -0.169. The lowest BCUT2D eigenvalue weighted by molar-refractivity contribution is 0.0929. The fourth-order valence-corrected chi connectivity index (χ4v) is 1.66. The Kier molecular flexibility index (Phi) is 2.68. The third-order valence-electron chi connectivity index (χ3n) is 2.87. The van der Waals surface area contributed by atoms with Crippen LogP contribution in [0.25, 0.3) is 0 Å². The van der Waals surface area contributed by atoms with Crippen molar-refractivity contribution in [3.63, 3.8) is 0 Å². The van der Waals surface area contributed by atoms with Gasteiger partial charge in [0.1, 0.15) is 0 Å². The van der Waals surface area contributed by atoms with E-state index in [0.717, 1.165) is 12.8 Å². The van der Waals surface area contributed by atoms with Crippen molar-refractivity contribution in [2.75, 3.05) is 6.54 Å². The Morgan fingerprint density at radius 2 is 2.40 bits per heavy atom. The molecule has 0 saturated heterocycles. The minimum absolute atomic E-state index is 0.0974. The van der Waals surface area contributed by atoms with E-state index in [2.05, 4.69) is 10.3 Å². The van der Waals surface area contributed by atoms with Gasteiger partial charge in [0.2, 0.25) is 0 Å². The number of carbonyl (C=O) groups is 1.